The molecule has 0 bridgehead atoms. The lowest BCUT2D eigenvalue weighted by Crippen LogP contribution is -2.30. The summed E-state index contributed by atoms with van der Waals surface area (Å²) in [5, 5.41) is 12.5. The van der Waals surface area contributed by atoms with E-state index in [-0.39, 0.29) is 21.9 Å². The van der Waals surface area contributed by atoms with Crippen molar-refractivity contribution in [1.29, 1.82) is 0 Å². The topological polar surface area (TPSA) is 82.6 Å². The number of nitrogens with one attached hydrogen (secondary N) is 1. The molecule has 1 aliphatic heterocycles. The Morgan fingerprint density at radius 2 is 1.94 bits per heavy atom. The van der Waals surface area contributed by atoms with Crippen molar-refractivity contribution in [1.82, 2.24) is 9.88 Å². The molecule has 166 valence electrons. The number of aromatic amines is 1. The summed E-state index contributed by atoms with van der Waals surface area (Å²) in [6.07, 6.45) is 0.672. The third kappa shape index (κ3) is 3.54. The quantitative estimate of drug-likeness (QED) is 0.299. The fourth-order valence-corrected chi connectivity index (χ4v) is 4.60. The number of ketones is 1. The molecular formula is C25H25ClN2O4. The highest BCUT2D eigenvalue weighted by Gasteiger charge is 2.47. The van der Waals surface area contributed by atoms with E-state index >= 15 is 0 Å². The van der Waals surface area contributed by atoms with Gasteiger partial charge in [0.05, 0.1) is 23.2 Å². The molecule has 4 rings (SSSR count). The first kappa shape index (κ1) is 22.0. The number of hydrogen-bond acceptors (Lipinski definition) is 4. The maximum absolute atomic E-state index is 13.2. The smallest absolute Gasteiger partial charge is 0.295 e. The Kier molecular flexibility index (Phi) is 5.98. The first-order valence-electron chi connectivity index (χ1n) is 10.7. The van der Waals surface area contributed by atoms with E-state index in [0.717, 1.165) is 22.2 Å². The molecule has 6 nitrogen and oxygen atoms in total. The number of aliphatic hydroxyl groups is 1. The number of carbonyl (C=O) groups is 2. The number of benzene rings is 2. The maximum Gasteiger partial charge on any atom is 0.295 e. The lowest BCUT2D eigenvalue weighted by atomic mass is 9.93. The van der Waals surface area contributed by atoms with Gasteiger partial charge in [-0.05, 0) is 44.5 Å². The van der Waals surface area contributed by atoms with E-state index in [1.807, 2.05) is 45.0 Å². The van der Waals surface area contributed by atoms with Crippen molar-refractivity contribution in [2.24, 2.45) is 0 Å². The van der Waals surface area contributed by atoms with Crippen LogP contribution in [0.25, 0.3) is 16.7 Å². The third-order valence-corrected chi connectivity index (χ3v) is 6.05. The summed E-state index contributed by atoms with van der Waals surface area (Å²) >= 11 is 6.38. The monoisotopic (exact) mass is 452 g/mol. The number of para-hydroxylation sites is 1. The molecule has 2 aromatic carbocycles. The molecule has 1 amide bonds. The summed E-state index contributed by atoms with van der Waals surface area (Å²) in [5.41, 5.74) is 2.83. The number of aryl methyl sites for hydroxylation is 1. The zero-order valence-corrected chi connectivity index (χ0v) is 19.0. The Bertz CT molecular complexity index is 1240. The number of halogens is 1. The fraction of sp³-hybridized carbons (Fsp3) is 0.280. The highest BCUT2D eigenvalue weighted by molar-refractivity contribution is 6.47. The van der Waals surface area contributed by atoms with E-state index in [9.17, 15) is 14.7 Å². The normalized spacial score (nSPS) is 18.0. The fourth-order valence-electron chi connectivity index (χ4n) is 4.39. The number of Topliss-reactive ketones (excluding diaryl/α,β-unsaturated/α-hetero) is 1. The van der Waals surface area contributed by atoms with Gasteiger partial charge >= 0.3 is 0 Å². The van der Waals surface area contributed by atoms with E-state index in [2.05, 4.69) is 4.98 Å². The van der Waals surface area contributed by atoms with Crippen LogP contribution in [0.15, 0.2) is 48.0 Å². The summed E-state index contributed by atoms with van der Waals surface area (Å²) < 4.78 is 5.54. The predicted octanol–water partition coefficient (Wildman–Crippen LogP) is 5.36. The van der Waals surface area contributed by atoms with Gasteiger partial charge in [-0.2, -0.15) is 0 Å². The lowest BCUT2D eigenvalue weighted by molar-refractivity contribution is -0.139. The van der Waals surface area contributed by atoms with E-state index in [4.69, 9.17) is 16.3 Å². The number of rotatable bonds is 6. The molecule has 1 aromatic heterocycles. The second-order valence-corrected chi connectivity index (χ2v) is 8.18. The number of nitrogens with zero attached hydrogens (tertiary/aromatic N) is 1. The SMILES string of the molecule is CCCN1C(=O)C(=O)/C(=C(/O)c2cc(OCC)ccc2Cl)C1c1c(C)[nH]c2ccccc12. The van der Waals surface area contributed by atoms with Crippen LogP contribution in [-0.2, 0) is 9.59 Å². The van der Waals surface area contributed by atoms with Crippen LogP contribution in [0.5, 0.6) is 5.75 Å². The van der Waals surface area contributed by atoms with Crippen LogP contribution in [0.4, 0.5) is 0 Å². The number of fused-ring (bicyclic) bond motifs is 1. The van der Waals surface area contributed by atoms with Gasteiger partial charge < -0.3 is 19.7 Å². The molecule has 7 heteroatoms. The summed E-state index contributed by atoms with van der Waals surface area (Å²) in [6, 6.07) is 11.9. The van der Waals surface area contributed by atoms with Gasteiger partial charge in [0, 0.05) is 34.3 Å². The minimum absolute atomic E-state index is 0.0341. The van der Waals surface area contributed by atoms with Gasteiger partial charge in [0.15, 0.2) is 0 Å². The van der Waals surface area contributed by atoms with Crippen LogP contribution in [0.3, 0.4) is 0 Å². The first-order valence-corrected chi connectivity index (χ1v) is 11.0. The molecule has 2 N–H and O–H groups in total. The van der Waals surface area contributed by atoms with Crippen LogP contribution < -0.4 is 4.74 Å². The van der Waals surface area contributed by atoms with Crippen molar-refractivity contribution in [2.45, 2.75) is 33.2 Å². The van der Waals surface area contributed by atoms with Gasteiger partial charge in [0.1, 0.15) is 11.5 Å². The molecule has 0 saturated carbocycles. The van der Waals surface area contributed by atoms with Gasteiger partial charge in [0.25, 0.3) is 11.7 Å². The van der Waals surface area contributed by atoms with Crippen molar-refractivity contribution in [3.8, 4) is 5.75 Å². The first-order chi connectivity index (χ1) is 15.4. The summed E-state index contributed by atoms with van der Waals surface area (Å²) in [6.45, 7) is 6.53. The molecule has 0 spiro atoms. The number of ether oxygens (including phenoxy) is 1. The zero-order chi connectivity index (χ0) is 23.0. The van der Waals surface area contributed by atoms with Gasteiger partial charge in [0.2, 0.25) is 0 Å². The molecule has 1 unspecified atom stereocenters. The summed E-state index contributed by atoms with van der Waals surface area (Å²) in [4.78, 5) is 31.1. The molecule has 3 aromatic rings. The van der Waals surface area contributed by atoms with Crippen LogP contribution in [0.1, 0.15) is 43.1 Å². The second kappa shape index (κ2) is 8.71. The number of amides is 1. The molecule has 2 heterocycles. The molecule has 0 aliphatic carbocycles. The molecular weight excluding hydrogens is 428 g/mol. The highest BCUT2D eigenvalue weighted by Crippen LogP contribution is 2.44. The predicted molar refractivity (Wildman–Crippen MR) is 125 cm³/mol. The number of likely N-dealkylation sites (tertiary alicyclic amines) is 1. The zero-order valence-electron chi connectivity index (χ0n) is 18.2. The van der Waals surface area contributed by atoms with Crippen molar-refractivity contribution in [3.05, 3.63) is 69.9 Å². The average molecular weight is 453 g/mol. The minimum Gasteiger partial charge on any atom is -0.507 e. The Morgan fingerprint density at radius 3 is 2.66 bits per heavy atom. The second-order valence-electron chi connectivity index (χ2n) is 7.78. The lowest BCUT2D eigenvalue weighted by Gasteiger charge is -2.25. The summed E-state index contributed by atoms with van der Waals surface area (Å²) in [7, 11) is 0. The summed E-state index contributed by atoms with van der Waals surface area (Å²) in [5.74, 6) is -1.13. The van der Waals surface area contributed by atoms with E-state index in [1.54, 1.807) is 18.2 Å². The van der Waals surface area contributed by atoms with E-state index in [0.29, 0.717) is 25.3 Å². The van der Waals surface area contributed by atoms with Crippen molar-refractivity contribution in [3.63, 3.8) is 0 Å². The Labute approximate surface area is 191 Å². The number of hydrogen-bond donors (Lipinski definition) is 2. The molecule has 1 fully saturated rings. The molecule has 1 aliphatic rings. The Hall–Kier alpha value is -3.25. The highest BCUT2D eigenvalue weighted by atomic mass is 35.5. The van der Waals surface area contributed by atoms with Gasteiger partial charge in [-0.15, -0.1) is 0 Å². The maximum atomic E-state index is 13.2. The number of aliphatic hydroxyl groups excluding tert-OH is 1. The van der Waals surface area contributed by atoms with Crippen LogP contribution in [0, 0.1) is 6.92 Å². The molecule has 1 saturated heterocycles. The van der Waals surface area contributed by atoms with Crippen molar-refractivity contribution >= 4 is 40.0 Å². The van der Waals surface area contributed by atoms with Crippen LogP contribution >= 0.6 is 11.6 Å². The molecule has 32 heavy (non-hydrogen) atoms. The number of H-pyrrole nitrogens is 1. The van der Waals surface area contributed by atoms with Gasteiger partial charge in [-0.3, -0.25) is 9.59 Å². The Balaban J connectivity index is 1.99. The third-order valence-electron chi connectivity index (χ3n) is 5.73. The molecule has 1 atom stereocenters. The number of aromatic nitrogens is 1. The van der Waals surface area contributed by atoms with Crippen molar-refractivity contribution < 1.29 is 19.4 Å². The molecule has 0 radical (unpaired) electrons. The van der Waals surface area contributed by atoms with Crippen molar-refractivity contribution in [2.75, 3.05) is 13.2 Å². The largest absolute Gasteiger partial charge is 0.507 e. The standard InChI is InChI=1S/C25H25ClN2O4/c1-4-12-28-22(20-14(3)27-19-9-7-6-8-16(19)20)21(24(30)25(28)31)23(29)17-13-15(32-5-2)10-11-18(17)26/h6-11,13,22,27,29H,4-5,12H2,1-3H3/b23-21+. The minimum atomic E-state index is -0.724. The van der Waals surface area contributed by atoms with Crippen LogP contribution in [-0.4, -0.2) is 39.8 Å². The van der Waals surface area contributed by atoms with E-state index < -0.39 is 17.7 Å². The van der Waals surface area contributed by atoms with Gasteiger partial charge in [-0.1, -0.05) is 36.7 Å². The Morgan fingerprint density at radius 1 is 1.19 bits per heavy atom. The van der Waals surface area contributed by atoms with Crippen LogP contribution in [0.2, 0.25) is 5.02 Å². The van der Waals surface area contributed by atoms with Gasteiger partial charge in [-0.25, -0.2) is 0 Å². The number of carbonyl (C=O) groups excluding carboxylic acids is 2. The average Bonchev–Trinajstić information content (AvgIpc) is 3.23. The van der Waals surface area contributed by atoms with E-state index in [1.165, 1.54) is 4.90 Å².